The van der Waals surface area contributed by atoms with Gasteiger partial charge in [-0.25, -0.2) is 0 Å². The number of amides is 2. The maximum atomic E-state index is 13.6. The number of nitrogens with zero attached hydrogens (tertiary/aromatic N) is 1. The molecule has 12 heteroatoms. The lowest BCUT2D eigenvalue weighted by molar-refractivity contribution is -0.124. The highest BCUT2D eigenvalue weighted by Crippen LogP contribution is 2.40. The van der Waals surface area contributed by atoms with Gasteiger partial charge in [-0.3, -0.25) is 20.4 Å². The summed E-state index contributed by atoms with van der Waals surface area (Å²) in [6, 6.07) is 9.26. The van der Waals surface area contributed by atoms with E-state index in [1.54, 1.807) is 31.2 Å². The van der Waals surface area contributed by atoms with Crippen LogP contribution < -0.4 is 20.6 Å². The predicted octanol–water partition coefficient (Wildman–Crippen LogP) is 8.21. The van der Waals surface area contributed by atoms with Crippen molar-refractivity contribution in [3.05, 3.63) is 57.1 Å². The van der Waals surface area contributed by atoms with Crippen molar-refractivity contribution in [3.63, 3.8) is 0 Å². The van der Waals surface area contributed by atoms with Crippen molar-refractivity contribution in [2.45, 2.75) is 104 Å². The molecule has 3 N–H and O–H groups in total. The fraction of sp³-hybridized carbons (Fsp3) is 0.516. The van der Waals surface area contributed by atoms with Gasteiger partial charge in [-0.05, 0) is 86.0 Å². The molecule has 0 saturated heterocycles. The van der Waals surface area contributed by atoms with Crippen molar-refractivity contribution in [3.8, 4) is 11.8 Å². The van der Waals surface area contributed by atoms with E-state index in [1.165, 1.54) is 6.07 Å². The molecule has 0 aliphatic carbocycles. The van der Waals surface area contributed by atoms with Gasteiger partial charge in [-0.15, -0.1) is 0 Å². The Bertz CT molecular complexity index is 1400. The third kappa shape index (κ3) is 8.99. The molecule has 0 fully saturated rings. The van der Waals surface area contributed by atoms with Crippen LogP contribution >= 0.6 is 23.2 Å². The van der Waals surface area contributed by atoms with Crippen molar-refractivity contribution in [1.82, 2.24) is 10.9 Å². The average Bonchev–Trinajstić information content (AvgIpc) is 2.87. The predicted molar refractivity (Wildman–Crippen MR) is 181 cm³/mol. The topological polar surface area (TPSA) is 112 Å². The molecule has 2 aromatic carbocycles. The first kappa shape index (κ1) is 36.6. The highest BCUT2D eigenvalue weighted by molar-refractivity contribution is 6.75. The van der Waals surface area contributed by atoms with Gasteiger partial charge in [0.1, 0.15) is 17.9 Å². The number of carbonyl (C=O) groups excluding carboxylic acids is 2. The van der Waals surface area contributed by atoms with E-state index in [1.807, 2.05) is 6.92 Å². The van der Waals surface area contributed by atoms with Crippen LogP contribution in [0.15, 0.2) is 30.3 Å². The Morgan fingerprint density at radius 3 is 2.02 bits per heavy atom. The lowest BCUT2D eigenvalue weighted by Gasteiger charge is -2.40. The second kappa shape index (κ2) is 13.6. The molecule has 236 valence electrons. The van der Waals surface area contributed by atoms with E-state index in [9.17, 15) is 14.9 Å². The zero-order valence-electron chi connectivity index (χ0n) is 27.4. The van der Waals surface area contributed by atoms with Gasteiger partial charge in [-0.2, -0.15) is 5.26 Å². The first-order valence-corrected chi connectivity index (χ1v) is 20.8. The van der Waals surface area contributed by atoms with Crippen LogP contribution in [0.25, 0.3) is 0 Å². The molecule has 0 aromatic heterocycles. The van der Waals surface area contributed by atoms with Crippen molar-refractivity contribution in [2.24, 2.45) is 0 Å². The standard InChI is InChI=1S/C31H46Cl2N4O4Si2/c1-19-24(15-13-22(18-34)26(19)33)35-27(20(2)40-42(9,10)30(3,4)5)29(39)37-36-28(38)21-14-16-25(23(32)17-21)41-43(11,12)31(6,7)8/h13-17,20,27,35H,1-12H3,(H,36,38)(H,37,39). The molecule has 8 nitrogen and oxygen atoms in total. The van der Waals surface area contributed by atoms with E-state index in [-0.39, 0.29) is 15.6 Å². The molecule has 0 saturated carbocycles. The normalized spacial score (nSPS) is 13.9. The van der Waals surface area contributed by atoms with Gasteiger partial charge in [0.2, 0.25) is 0 Å². The van der Waals surface area contributed by atoms with E-state index >= 15 is 0 Å². The largest absolute Gasteiger partial charge is 0.543 e. The average molecular weight is 666 g/mol. The molecule has 2 rings (SSSR count). The van der Waals surface area contributed by atoms with Crippen molar-refractivity contribution in [1.29, 1.82) is 5.26 Å². The lowest BCUT2D eigenvalue weighted by Crippen LogP contribution is -2.55. The Labute approximate surface area is 269 Å². The maximum Gasteiger partial charge on any atom is 0.269 e. The summed E-state index contributed by atoms with van der Waals surface area (Å²) in [4.78, 5) is 26.6. The SMILES string of the molecule is Cc1c(NC(C(=O)NNC(=O)c2ccc(O[Si](C)(C)C(C)(C)C)c(Cl)c2)C(C)O[Si](C)(C)C(C)(C)C)ccc(C#N)c1Cl. The monoisotopic (exact) mass is 664 g/mol. The summed E-state index contributed by atoms with van der Waals surface area (Å²) >= 11 is 12.9. The smallest absolute Gasteiger partial charge is 0.269 e. The number of hydrazine groups is 1. The Balaban J connectivity index is 2.28. The Kier molecular flexibility index (Phi) is 11.6. The number of rotatable bonds is 9. The van der Waals surface area contributed by atoms with Crippen LogP contribution in [0, 0.1) is 18.3 Å². The molecule has 0 aliphatic rings. The molecule has 0 bridgehead atoms. The van der Waals surface area contributed by atoms with Crippen LogP contribution in [-0.2, 0) is 9.22 Å². The fourth-order valence-electron chi connectivity index (χ4n) is 3.62. The third-order valence-corrected chi connectivity index (χ3v) is 18.2. The van der Waals surface area contributed by atoms with Crippen molar-refractivity contribution < 1.29 is 18.4 Å². The summed E-state index contributed by atoms with van der Waals surface area (Å²) in [6.45, 7) is 24.8. The second-order valence-electron chi connectivity index (χ2n) is 13.9. The van der Waals surface area contributed by atoms with Crippen molar-refractivity contribution >= 4 is 57.3 Å². The summed E-state index contributed by atoms with van der Waals surface area (Å²) in [7, 11) is -4.40. The number of hydrogen-bond acceptors (Lipinski definition) is 6. The molecular formula is C31H46Cl2N4O4Si2. The molecule has 0 radical (unpaired) electrons. The molecule has 2 unspecified atom stereocenters. The van der Waals surface area contributed by atoms with Crippen LogP contribution in [0.3, 0.4) is 0 Å². The van der Waals surface area contributed by atoms with Gasteiger partial charge in [0.05, 0.1) is 21.7 Å². The van der Waals surface area contributed by atoms with Crippen LogP contribution in [0.2, 0.25) is 46.3 Å². The van der Waals surface area contributed by atoms with Crippen LogP contribution in [-0.4, -0.2) is 40.6 Å². The molecule has 0 aliphatic heterocycles. The van der Waals surface area contributed by atoms with Crippen LogP contribution in [0.5, 0.6) is 5.75 Å². The molecule has 2 amide bonds. The number of anilines is 1. The number of benzene rings is 2. The number of hydrogen-bond donors (Lipinski definition) is 3. The fourth-order valence-corrected chi connectivity index (χ4v) is 6.57. The van der Waals surface area contributed by atoms with E-state index < -0.39 is 40.6 Å². The van der Waals surface area contributed by atoms with E-state index in [0.29, 0.717) is 32.6 Å². The summed E-state index contributed by atoms with van der Waals surface area (Å²) in [6.07, 6.45) is -0.576. The van der Waals surface area contributed by atoms with Gasteiger partial charge in [-0.1, -0.05) is 64.7 Å². The third-order valence-electron chi connectivity index (χ3n) is 8.52. The second-order valence-corrected chi connectivity index (χ2v) is 24.1. The van der Waals surface area contributed by atoms with Crippen molar-refractivity contribution in [2.75, 3.05) is 5.32 Å². The molecule has 2 aromatic rings. The minimum absolute atomic E-state index is 0.0195. The maximum absolute atomic E-state index is 13.6. The first-order valence-electron chi connectivity index (χ1n) is 14.2. The Morgan fingerprint density at radius 2 is 1.51 bits per heavy atom. The zero-order valence-corrected chi connectivity index (χ0v) is 30.9. The molecule has 0 heterocycles. The summed E-state index contributed by atoms with van der Waals surface area (Å²) < 4.78 is 12.8. The lowest BCUT2D eigenvalue weighted by atomic mass is 10.1. The number of carbonyl (C=O) groups is 2. The van der Waals surface area contributed by atoms with Gasteiger partial charge < -0.3 is 14.2 Å². The summed E-state index contributed by atoms with van der Waals surface area (Å²) in [5.74, 6) is -0.530. The molecular weight excluding hydrogens is 619 g/mol. The Hall–Kier alpha value is -2.56. The molecule has 0 spiro atoms. The minimum atomic E-state index is -2.27. The van der Waals surface area contributed by atoms with Gasteiger partial charge in [0.25, 0.3) is 20.1 Å². The van der Waals surface area contributed by atoms with Crippen LogP contribution in [0.4, 0.5) is 5.69 Å². The van der Waals surface area contributed by atoms with E-state index in [0.717, 1.165) is 0 Å². The first-order chi connectivity index (χ1) is 19.5. The van der Waals surface area contributed by atoms with Crippen LogP contribution in [0.1, 0.15) is 70.0 Å². The highest BCUT2D eigenvalue weighted by Gasteiger charge is 2.41. The highest BCUT2D eigenvalue weighted by atomic mass is 35.5. The number of nitriles is 1. The summed E-state index contributed by atoms with van der Waals surface area (Å²) in [5, 5.41) is 13.1. The van der Waals surface area contributed by atoms with Gasteiger partial charge in [0, 0.05) is 11.3 Å². The molecule has 2 atom stereocenters. The zero-order chi connectivity index (χ0) is 33.1. The molecule has 43 heavy (non-hydrogen) atoms. The number of halogens is 2. The minimum Gasteiger partial charge on any atom is -0.543 e. The van der Waals surface area contributed by atoms with E-state index in [4.69, 9.17) is 32.1 Å². The summed E-state index contributed by atoms with van der Waals surface area (Å²) in [5.41, 5.74) is 6.83. The quantitative estimate of drug-likeness (QED) is 0.184. The van der Waals surface area contributed by atoms with Gasteiger partial charge >= 0.3 is 0 Å². The Morgan fingerprint density at radius 1 is 0.930 bits per heavy atom. The van der Waals surface area contributed by atoms with E-state index in [2.05, 4.69) is 90.0 Å². The number of nitrogens with one attached hydrogen (secondary N) is 3. The van der Waals surface area contributed by atoms with Gasteiger partial charge in [0.15, 0.2) is 8.32 Å².